The van der Waals surface area contributed by atoms with E-state index in [2.05, 4.69) is 21.6 Å². The van der Waals surface area contributed by atoms with Crippen LogP contribution in [0.25, 0.3) is 17.1 Å². The zero-order valence-corrected chi connectivity index (χ0v) is 23.8. The maximum Gasteiger partial charge on any atom is 0.335 e. The molecule has 3 aromatic carbocycles. The summed E-state index contributed by atoms with van der Waals surface area (Å²) in [6.07, 6.45) is 6.43. The van der Waals surface area contributed by atoms with Crippen LogP contribution in [-0.2, 0) is 17.8 Å². The molecule has 4 heterocycles. The molecule has 2 atom stereocenters. The number of halogens is 2. The third kappa shape index (κ3) is 5.19. The van der Waals surface area contributed by atoms with E-state index in [0.29, 0.717) is 29.6 Å². The molecule has 0 saturated carbocycles. The highest BCUT2D eigenvalue weighted by atomic mass is 35.5. The van der Waals surface area contributed by atoms with Crippen LogP contribution in [0.5, 0.6) is 5.75 Å². The van der Waals surface area contributed by atoms with Crippen molar-refractivity contribution < 1.29 is 23.8 Å². The van der Waals surface area contributed by atoms with Crippen LogP contribution in [0.3, 0.4) is 0 Å². The van der Waals surface area contributed by atoms with Crippen LogP contribution in [0.2, 0.25) is 5.02 Å². The Balaban J connectivity index is 1.08. The second kappa shape index (κ2) is 11.2. The fourth-order valence-electron chi connectivity index (χ4n) is 6.28. The van der Waals surface area contributed by atoms with Crippen molar-refractivity contribution in [3.8, 4) is 5.75 Å². The summed E-state index contributed by atoms with van der Waals surface area (Å²) in [6.45, 7) is 3.90. The number of para-hydroxylation sites is 1. The van der Waals surface area contributed by atoms with Gasteiger partial charge in [-0.25, -0.2) is 14.2 Å². The molecule has 1 aromatic heterocycles. The Labute approximate surface area is 248 Å². The van der Waals surface area contributed by atoms with Crippen molar-refractivity contribution in [2.75, 3.05) is 19.7 Å². The first-order valence-corrected chi connectivity index (χ1v) is 14.8. The Bertz CT molecular complexity index is 1690. The monoisotopic (exact) mass is 587 g/mol. The van der Waals surface area contributed by atoms with Crippen molar-refractivity contribution >= 4 is 34.7 Å². The van der Waals surface area contributed by atoms with E-state index in [9.17, 15) is 14.3 Å². The Morgan fingerprint density at radius 1 is 1.07 bits per heavy atom. The number of aromatic nitrogens is 2. The fourth-order valence-corrected chi connectivity index (χ4v) is 6.44. The minimum atomic E-state index is -0.944. The van der Waals surface area contributed by atoms with Gasteiger partial charge in [-0.1, -0.05) is 41.9 Å². The predicted molar refractivity (Wildman–Crippen MR) is 159 cm³/mol. The van der Waals surface area contributed by atoms with E-state index in [1.54, 1.807) is 30.3 Å². The maximum absolute atomic E-state index is 14.7. The highest BCUT2D eigenvalue weighted by Gasteiger charge is 2.29. The summed E-state index contributed by atoms with van der Waals surface area (Å²) < 4.78 is 29.0. The number of benzene rings is 3. The molecule has 3 aliphatic rings. The van der Waals surface area contributed by atoms with Crippen LogP contribution in [0.1, 0.15) is 64.2 Å². The van der Waals surface area contributed by atoms with Crippen molar-refractivity contribution in [1.82, 2.24) is 14.5 Å². The maximum atomic E-state index is 14.7. The number of fused-ring (bicyclic) bond motifs is 2. The van der Waals surface area contributed by atoms with E-state index >= 15 is 0 Å². The number of nitrogens with zero attached hydrogens (tertiary/aromatic N) is 3. The van der Waals surface area contributed by atoms with Crippen molar-refractivity contribution in [2.24, 2.45) is 0 Å². The van der Waals surface area contributed by atoms with E-state index in [1.807, 2.05) is 18.2 Å². The summed E-state index contributed by atoms with van der Waals surface area (Å²) in [6, 6.07) is 16.0. The molecule has 216 valence electrons. The van der Waals surface area contributed by atoms with Gasteiger partial charge in [0.05, 0.1) is 35.8 Å². The van der Waals surface area contributed by atoms with Gasteiger partial charge in [0.1, 0.15) is 23.5 Å². The van der Waals surface area contributed by atoms with Gasteiger partial charge in [-0.15, -0.1) is 0 Å². The molecule has 2 saturated heterocycles. The lowest BCUT2D eigenvalue weighted by molar-refractivity contribution is -0.0592. The van der Waals surface area contributed by atoms with Gasteiger partial charge in [-0.2, -0.15) is 0 Å². The van der Waals surface area contributed by atoms with E-state index in [-0.39, 0.29) is 17.5 Å². The van der Waals surface area contributed by atoms with Crippen molar-refractivity contribution in [3.05, 3.63) is 99.6 Å². The number of hydrogen-bond acceptors (Lipinski definition) is 5. The summed E-state index contributed by atoms with van der Waals surface area (Å²) in [5.41, 5.74) is 4.53. The van der Waals surface area contributed by atoms with Gasteiger partial charge in [0.15, 0.2) is 0 Å². The topological polar surface area (TPSA) is 76.8 Å². The molecule has 1 N–H and O–H groups in total. The number of ether oxygens (including phenoxy) is 2. The molecule has 4 aromatic rings. The normalized spacial score (nSPS) is 20.7. The number of piperidine rings is 1. The van der Waals surface area contributed by atoms with E-state index in [1.165, 1.54) is 6.07 Å². The number of carboxylic acid groups (broad SMARTS) is 1. The van der Waals surface area contributed by atoms with Gasteiger partial charge in [-0.3, -0.25) is 4.90 Å². The number of carbonyl (C=O) groups is 1. The largest absolute Gasteiger partial charge is 0.481 e. The van der Waals surface area contributed by atoms with Crippen molar-refractivity contribution in [3.63, 3.8) is 0 Å². The van der Waals surface area contributed by atoms with Gasteiger partial charge in [0, 0.05) is 22.8 Å². The van der Waals surface area contributed by atoms with Crippen LogP contribution < -0.4 is 4.74 Å². The molecule has 7 rings (SSSR count). The second-order valence-corrected chi connectivity index (χ2v) is 11.7. The number of carboxylic acids is 1. The van der Waals surface area contributed by atoms with Gasteiger partial charge in [0.25, 0.3) is 0 Å². The number of hydrogen-bond donors (Lipinski definition) is 1. The molecule has 0 bridgehead atoms. The lowest BCUT2D eigenvalue weighted by Crippen LogP contribution is -2.35. The standard InChI is InChI=1S/C33H31ClFN3O4/c34-23-6-7-26(27(35)17-23)30-9-5-21-2-1-3-25(32(21)42-30)20-10-13-37(14-11-20)19-31-36-28-8-4-22(33(39)40)16-29(28)38(31)18-24-12-15-41-24/h1-9,16-17,20,24,30H,10-15,18-19H2,(H,39,40)/t24-,30+/m1/s1. The molecular weight excluding hydrogens is 557 g/mol. The fraction of sp³-hybridized carbons (Fsp3) is 0.333. The zero-order valence-electron chi connectivity index (χ0n) is 23.0. The van der Waals surface area contributed by atoms with Crippen LogP contribution in [0.15, 0.2) is 60.7 Å². The lowest BCUT2D eigenvalue weighted by Gasteiger charge is -2.34. The second-order valence-electron chi connectivity index (χ2n) is 11.3. The molecule has 3 aliphatic heterocycles. The molecule has 9 heteroatoms. The highest BCUT2D eigenvalue weighted by molar-refractivity contribution is 6.30. The number of imidazole rings is 1. The van der Waals surface area contributed by atoms with Gasteiger partial charge in [-0.05, 0) is 80.2 Å². The van der Waals surface area contributed by atoms with E-state index < -0.39 is 12.1 Å². The third-order valence-electron chi connectivity index (χ3n) is 8.69. The number of rotatable bonds is 7. The average Bonchev–Trinajstić information content (AvgIpc) is 3.30. The Hall–Kier alpha value is -3.72. The minimum absolute atomic E-state index is 0.129. The van der Waals surface area contributed by atoms with E-state index in [0.717, 1.165) is 72.7 Å². The SMILES string of the molecule is O=C(O)c1ccc2nc(CN3CCC(c4cccc5c4O[C@H](c4ccc(Cl)cc4F)C=C5)CC3)n(C[C@H]3CCO3)c2c1. The summed E-state index contributed by atoms with van der Waals surface area (Å²) in [5.74, 6) is 0.758. The predicted octanol–water partition coefficient (Wildman–Crippen LogP) is 6.84. The summed E-state index contributed by atoms with van der Waals surface area (Å²) >= 11 is 5.97. The van der Waals surface area contributed by atoms with Gasteiger partial charge < -0.3 is 19.1 Å². The first kappa shape index (κ1) is 27.1. The lowest BCUT2D eigenvalue weighted by atomic mass is 9.87. The average molecular weight is 588 g/mol. The van der Waals surface area contributed by atoms with Crippen molar-refractivity contribution in [1.29, 1.82) is 0 Å². The minimum Gasteiger partial charge on any atom is -0.481 e. The Morgan fingerprint density at radius 2 is 1.90 bits per heavy atom. The van der Waals surface area contributed by atoms with Crippen LogP contribution >= 0.6 is 11.6 Å². The Morgan fingerprint density at radius 3 is 2.64 bits per heavy atom. The van der Waals surface area contributed by atoms with Crippen LogP contribution in [0.4, 0.5) is 4.39 Å². The smallest absolute Gasteiger partial charge is 0.335 e. The van der Waals surface area contributed by atoms with Gasteiger partial charge >= 0.3 is 5.97 Å². The molecule has 42 heavy (non-hydrogen) atoms. The molecule has 0 spiro atoms. The zero-order chi connectivity index (χ0) is 28.8. The molecule has 0 radical (unpaired) electrons. The quantitative estimate of drug-likeness (QED) is 0.255. The first-order chi connectivity index (χ1) is 20.4. The number of likely N-dealkylation sites (tertiary alicyclic amines) is 1. The third-order valence-corrected chi connectivity index (χ3v) is 8.92. The van der Waals surface area contributed by atoms with Crippen LogP contribution in [-0.4, -0.2) is 51.3 Å². The summed E-state index contributed by atoms with van der Waals surface area (Å²) in [5, 5.41) is 9.89. The molecule has 0 amide bonds. The molecule has 0 aliphatic carbocycles. The first-order valence-electron chi connectivity index (χ1n) is 14.4. The highest BCUT2D eigenvalue weighted by Crippen LogP contribution is 2.42. The van der Waals surface area contributed by atoms with E-state index in [4.69, 9.17) is 26.1 Å². The summed E-state index contributed by atoms with van der Waals surface area (Å²) in [4.78, 5) is 18.9. The molecule has 2 fully saturated rings. The molecular formula is C33H31ClFN3O4. The summed E-state index contributed by atoms with van der Waals surface area (Å²) in [7, 11) is 0. The molecule has 0 unspecified atom stereocenters. The van der Waals surface area contributed by atoms with Gasteiger partial charge in [0.2, 0.25) is 0 Å². The Kier molecular flexibility index (Phi) is 7.22. The number of aromatic carboxylic acids is 1. The van der Waals surface area contributed by atoms with Crippen LogP contribution in [0, 0.1) is 5.82 Å². The van der Waals surface area contributed by atoms with Crippen molar-refractivity contribution in [2.45, 2.75) is 50.5 Å². The molecule has 7 nitrogen and oxygen atoms in total.